The van der Waals surface area contributed by atoms with Crippen LogP contribution in [0, 0.1) is 0 Å². The van der Waals surface area contributed by atoms with E-state index in [1.54, 1.807) is 23.1 Å². The van der Waals surface area contributed by atoms with Crippen molar-refractivity contribution in [2.75, 3.05) is 45.8 Å². The van der Waals surface area contributed by atoms with Crippen LogP contribution in [0.4, 0.5) is 5.69 Å². The Kier molecular flexibility index (Phi) is 8.72. The third-order valence-corrected chi connectivity index (χ3v) is 4.59. The highest BCUT2D eigenvalue weighted by Crippen LogP contribution is 2.28. The van der Waals surface area contributed by atoms with Crippen LogP contribution in [-0.4, -0.2) is 69.2 Å². The Hall–Kier alpha value is -2.81. The lowest BCUT2D eigenvalue weighted by molar-refractivity contribution is -0.149. The minimum Gasteiger partial charge on any atom is -0.497 e. The van der Waals surface area contributed by atoms with Gasteiger partial charge in [0.15, 0.2) is 0 Å². The lowest BCUT2D eigenvalue weighted by Crippen LogP contribution is -2.57. The number of nitrogens with zero attached hydrogens (tertiary/aromatic N) is 1. The first-order valence-corrected chi connectivity index (χ1v) is 9.67. The second-order valence-corrected chi connectivity index (χ2v) is 6.67. The van der Waals surface area contributed by atoms with Crippen LogP contribution in [0.2, 0.25) is 0 Å². The van der Waals surface area contributed by atoms with Gasteiger partial charge in [-0.1, -0.05) is 13.3 Å². The average Bonchev–Trinajstić information content (AvgIpc) is 2.70. The van der Waals surface area contributed by atoms with E-state index < -0.39 is 12.0 Å². The van der Waals surface area contributed by atoms with Crippen molar-refractivity contribution >= 4 is 23.5 Å². The number of hydrogen-bond donors (Lipinski definition) is 2. The van der Waals surface area contributed by atoms with Crippen molar-refractivity contribution in [3.63, 3.8) is 0 Å². The number of anilines is 1. The molecular formula is C20H29N3O6. The molecule has 2 N–H and O–H groups in total. The van der Waals surface area contributed by atoms with Crippen LogP contribution < -0.4 is 20.1 Å². The number of esters is 1. The fourth-order valence-corrected chi connectivity index (χ4v) is 3.01. The quantitative estimate of drug-likeness (QED) is 0.443. The number of benzene rings is 1. The van der Waals surface area contributed by atoms with E-state index in [-0.39, 0.29) is 24.8 Å². The van der Waals surface area contributed by atoms with Crippen LogP contribution in [0.1, 0.15) is 26.2 Å². The maximum absolute atomic E-state index is 12.6. The fraction of sp³-hybridized carbons (Fsp3) is 0.550. The number of amides is 2. The van der Waals surface area contributed by atoms with E-state index in [2.05, 4.69) is 10.6 Å². The number of unbranched alkanes of at least 4 members (excludes halogenated alkanes) is 1. The molecule has 0 spiro atoms. The maximum atomic E-state index is 12.6. The first-order valence-electron chi connectivity index (χ1n) is 9.67. The van der Waals surface area contributed by atoms with Gasteiger partial charge in [-0.15, -0.1) is 0 Å². The van der Waals surface area contributed by atoms with Gasteiger partial charge < -0.3 is 24.8 Å². The summed E-state index contributed by atoms with van der Waals surface area (Å²) < 4.78 is 15.6. The van der Waals surface area contributed by atoms with Crippen molar-refractivity contribution in [3.05, 3.63) is 18.2 Å². The number of carbonyl (C=O) groups is 3. The monoisotopic (exact) mass is 407 g/mol. The summed E-state index contributed by atoms with van der Waals surface area (Å²) in [4.78, 5) is 38.6. The zero-order chi connectivity index (χ0) is 21.2. The molecule has 1 aromatic carbocycles. The molecular weight excluding hydrogens is 378 g/mol. The number of carbonyl (C=O) groups excluding carboxylic acids is 3. The molecule has 0 aliphatic carbocycles. The van der Waals surface area contributed by atoms with Crippen LogP contribution in [0.5, 0.6) is 11.5 Å². The molecule has 1 saturated heterocycles. The number of hydrogen-bond acceptors (Lipinski definition) is 7. The van der Waals surface area contributed by atoms with E-state index in [0.717, 1.165) is 12.8 Å². The second kappa shape index (κ2) is 11.3. The highest BCUT2D eigenvalue weighted by molar-refractivity contribution is 5.95. The molecule has 2 rings (SSSR count). The molecule has 29 heavy (non-hydrogen) atoms. The number of rotatable bonds is 10. The third kappa shape index (κ3) is 6.63. The van der Waals surface area contributed by atoms with Crippen LogP contribution in [0.15, 0.2) is 18.2 Å². The summed E-state index contributed by atoms with van der Waals surface area (Å²) >= 11 is 0. The minimum absolute atomic E-state index is 0.0410. The molecule has 1 atom stereocenters. The van der Waals surface area contributed by atoms with Gasteiger partial charge in [0.1, 0.15) is 17.5 Å². The predicted molar refractivity (Wildman–Crippen MR) is 107 cm³/mol. The van der Waals surface area contributed by atoms with E-state index >= 15 is 0 Å². The Balaban J connectivity index is 2.01. The maximum Gasteiger partial charge on any atom is 0.307 e. The molecule has 160 valence electrons. The van der Waals surface area contributed by atoms with Crippen LogP contribution in [-0.2, 0) is 19.1 Å². The van der Waals surface area contributed by atoms with Crippen molar-refractivity contribution in [2.24, 2.45) is 0 Å². The molecule has 2 amide bonds. The number of nitrogens with one attached hydrogen (secondary N) is 2. The third-order valence-electron chi connectivity index (χ3n) is 4.59. The van der Waals surface area contributed by atoms with Crippen molar-refractivity contribution in [2.45, 2.75) is 32.2 Å². The summed E-state index contributed by atoms with van der Waals surface area (Å²) in [6.07, 6.45) is 1.60. The number of piperazine rings is 1. The number of ether oxygens (including phenoxy) is 3. The van der Waals surface area contributed by atoms with Crippen LogP contribution >= 0.6 is 0 Å². The highest BCUT2D eigenvalue weighted by atomic mass is 16.5. The summed E-state index contributed by atoms with van der Waals surface area (Å²) in [5.74, 6) is 0.0177. The van der Waals surface area contributed by atoms with Gasteiger partial charge >= 0.3 is 5.97 Å². The van der Waals surface area contributed by atoms with Gasteiger partial charge in [-0.3, -0.25) is 19.3 Å². The molecule has 1 fully saturated rings. The Bertz CT molecular complexity index is 724. The Morgan fingerprint density at radius 3 is 2.76 bits per heavy atom. The molecule has 1 unspecified atom stereocenters. The summed E-state index contributed by atoms with van der Waals surface area (Å²) in [7, 11) is 3.04. The van der Waals surface area contributed by atoms with Gasteiger partial charge in [-0.2, -0.15) is 0 Å². The van der Waals surface area contributed by atoms with Crippen LogP contribution in [0.3, 0.4) is 0 Å². The zero-order valence-corrected chi connectivity index (χ0v) is 17.2. The molecule has 0 aromatic heterocycles. The Labute approximate surface area is 170 Å². The lowest BCUT2D eigenvalue weighted by atomic mass is 10.1. The molecule has 9 heteroatoms. The summed E-state index contributed by atoms with van der Waals surface area (Å²) in [6, 6.07) is 4.33. The van der Waals surface area contributed by atoms with E-state index in [9.17, 15) is 14.4 Å². The van der Waals surface area contributed by atoms with E-state index in [1.165, 1.54) is 14.2 Å². The molecule has 1 aliphatic heterocycles. The molecule has 9 nitrogen and oxygen atoms in total. The summed E-state index contributed by atoms with van der Waals surface area (Å²) in [6.45, 7) is 3.16. The summed E-state index contributed by atoms with van der Waals surface area (Å²) in [5, 5.41) is 5.51. The molecule has 0 radical (unpaired) electrons. The van der Waals surface area contributed by atoms with Crippen molar-refractivity contribution in [1.29, 1.82) is 0 Å². The molecule has 0 bridgehead atoms. The predicted octanol–water partition coefficient (Wildman–Crippen LogP) is 1.18. The first kappa shape index (κ1) is 22.5. The highest BCUT2D eigenvalue weighted by Gasteiger charge is 2.33. The van der Waals surface area contributed by atoms with Crippen molar-refractivity contribution in [3.8, 4) is 11.5 Å². The fourth-order valence-electron chi connectivity index (χ4n) is 3.01. The van der Waals surface area contributed by atoms with Crippen molar-refractivity contribution < 1.29 is 28.6 Å². The lowest BCUT2D eigenvalue weighted by Gasteiger charge is -2.33. The smallest absolute Gasteiger partial charge is 0.307 e. The SMILES string of the molecule is CCCCOC(=O)CC1C(=O)NCCN1CC(=O)Nc1cc(OC)ccc1OC. The topological polar surface area (TPSA) is 106 Å². The van der Waals surface area contributed by atoms with Gasteiger partial charge in [0.25, 0.3) is 0 Å². The number of methoxy groups -OCH3 is 2. The average molecular weight is 407 g/mol. The molecule has 1 aliphatic rings. The van der Waals surface area contributed by atoms with E-state index in [1.807, 2.05) is 6.92 Å². The minimum atomic E-state index is -0.740. The molecule has 1 aromatic rings. The standard InChI is InChI=1S/C20H29N3O6/c1-4-5-10-29-19(25)12-16-20(26)21-8-9-23(16)13-18(24)22-15-11-14(27-2)6-7-17(15)28-3/h6-7,11,16H,4-5,8-10,12-13H2,1-3H3,(H,21,26)(H,22,24). The van der Waals surface area contributed by atoms with Gasteiger partial charge in [-0.05, 0) is 18.6 Å². The van der Waals surface area contributed by atoms with Gasteiger partial charge in [0.05, 0.1) is 39.5 Å². The van der Waals surface area contributed by atoms with Crippen LogP contribution in [0.25, 0.3) is 0 Å². The second-order valence-electron chi connectivity index (χ2n) is 6.67. The first-order chi connectivity index (χ1) is 14.0. The molecule has 0 saturated carbocycles. The van der Waals surface area contributed by atoms with Crippen molar-refractivity contribution in [1.82, 2.24) is 10.2 Å². The zero-order valence-electron chi connectivity index (χ0n) is 17.2. The molecule has 1 heterocycles. The summed E-state index contributed by atoms with van der Waals surface area (Å²) in [5.41, 5.74) is 0.467. The largest absolute Gasteiger partial charge is 0.497 e. The normalized spacial score (nSPS) is 16.7. The Morgan fingerprint density at radius 1 is 1.28 bits per heavy atom. The van der Waals surface area contributed by atoms with E-state index in [4.69, 9.17) is 14.2 Å². The van der Waals surface area contributed by atoms with Gasteiger partial charge in [0, 0.05) is 19.2 Å². The van der Waals surface area contributed by atoms with Gasteiger partial charge in [0.2, 0.25) is 11.8 Å². The van der Waals surface area contributed by atoms with Gasteiger partial charge in [-0.25, -0.2) is 0 Å². The Morgan fingerprint density at radius 2 is 2.07 bits per heavy atom. The van der Waals surface area contributed by atoms with E-state index in [0.29, 0.717) is 36.9 Å².